The molecule has 0 fully saturated rings. The van der Waals surface area contributed by atoms with E-state index in [2.05, 4.69) is 70.1 Å². The highest BCUT2D eigenvalue weighted by Crippen LogP contribution is 2.38. The van der Waals surface area contributed by atoms with Gasteiger partial charge in [0, 0.05) is 50.8 Å². The largest absolute Gasteiger partial charge is 0.484 e. The monoisotopic (exact) mass is 519 g/mol. The van der Waals surface area contributed by atoms with Gasteiger partial charge in [-0.25, -0.2) is 0 Å². The molecule has 0 unspecified atom stereocenters. The molecule has 5 nitrogen and oxygen atoms in total. The van der Waals surface area contributed by atoms with Gasteiger partial charge in [0.1, 0.15) is 5.75 Å². The molecule has 2 aromatic heterocycles. The first-order valence-electron chi connectivity index (χ1n) is 12.5. The predicted octanol–water partition coefficient (Wildman–Crippen LogP) is 7.69. The Hall–Kier alpha value is -4.48. The third-order valence-electron chi connectivity index (χ3n) is 6.89. The maximum Gasteiger partial charge on any atom is 0.262 e. The lowest BCUT2D eigenvalue weighted by Crippen LogP contribution is -2.21. The number of amides is 1. The number of aromatic amines is 2. The molecule has 0 atom stereocenters. The first-order chi connectivity index (χ1) is 18.7. The van der Waals surface area contributed by atoms with Gasteiger partial charge in [-0.1, -0.05) is 66.2 Å². The summed E-state index contributed by atoms with van der Waals surface area (Å²) in [4.78, 5) is 19.7. The molecule has 1 amide bonds. The first-order valence-corrected chi connectivity index (χ1v) is 12.9. The highest BCUT2D eigenvalue weighted by atomic mass is 35.5. The number of hydrogen-bond acceptors (Lipinski definition) is 2. The van der Waals surface area contributed by atoms with E-state index >= 15 is 0 Å². The van der Waals surface area contributed by atoms with Gasteiger partial charge in [-0.3, -0.25) is 4.79 Å². The average Bonchev–Trinajstić information content (AvgIpc) is 3.57. The van der Waals surface area contributed by atoms with Crippen LogP contribution in [-0.4, -0.2) is 22.5 Å². The van der Waals surface area contributed by atoms with E-state index in [0.29, 0.717) is 17.2 Å². The summed E-state index contributed by atoms with van der Waals surface area (Å²) in [5.41, 5.74) is 6.48. The fraction of sp³-hybridized carbons (Fsp3) is 0.0938. The number of halogens is 1. The van der Waals surface area contributed by atoms with Crippen molar-refractivity contribution in [2.75, 3.05) is 11.9 Å². The van der Waals surface area contributed by atoms with Gasteiger partial charge >= 0.3 is 0 Å². The van der Waals surface area contributed by atoms with Crippen molar-refractivity contribution in [1.29, 1.82) is 0 Å². The van der Waals surface area contributed by atoms with Crippen molar-refractivity contribution in [1.82, 2.24) is 9.97 Å². The van der Waals surface area contributed by atoms with Crippen LogP contribution in [-0.2, 0) is 11.2 Å². The summed E-state index contributed by atoms with van der Waals surface area (Å²) in [5, 5.41) is 6.07. The minimum absolute atomic E-state index is 0.0608. The highest BCUT2D eigenvalue weighted by Gasteiger charge is 2.23. The Morgan fingerprint density at radius 2 is 1.34 bits per heavy atom. The minimum Gasteiger partial charge on any atom is -0.484 e. The molecule has 0 aliphatic rings. The third-order valence-corrected chi connectivity index (χ3v) is 7.14. The molecule has 0 saturated heterocycles. The molecule has 0 spiro atoms. The molecule has 0 saturated carbocycles. The van der Waals surface area contributed by atoms with E-state index in [1.807, 2.05) is 30.3 Å². The van der Waals surface area contributed by atoms with E-state index in [0.717, 1.165) is 22.3 Å². The fourth-order valence-electron chi connectivity index (χ4n) is 5.06. The summed E-state index contributed by atoms with van der Waals surface area (Å²) in [5.74, 6) is 0.436. The Labute approximate surface area is 225 Å². The van der Waals surface area contributed by atoms with Crippen LogP contribution in [0.15, 0.2) is 109 Å². The highest BCUT2D eigenvalue weighted by molar-refractivity contribution is 6.30. The van der Waals surface area contributed by atoms with Crippen LogP contribution in [0.1, 0.15) is 22.6 Å². The Balaban J connectivity index is 1.31. The van der Waals surface area contributed by atoms with Crippen molar-refractivity contribution in [2.24, 2.45) is 0 Å². The zero-order chi connectivity index (χ0) is 25.9. The lowest BCUT2D eigenvalue weighted by atomic mass is 9.85. The van der Waals surface area contributed by atoms with Crippen LogP contribution in [0.2, 0.25) is 5.02 Å². The maximum atomic E-state index is 12.8. The van der Waals surface area contributed by atoms with Crippen LogP contribution in [0.25, 0.3) is 21.8 Å². The maximum absolute atomic E-state index is 12.8. The number of rotatable bonds is 8. The molecule has 2 heterocycles. The summed E-state index contributed by atoms with van der Waals surface area (Å²) in [6.07, 6.45) is 4.93. The summed E-state index contributed by atoms with van der Waals surface area (Å²) < 4.78 is 5.65. The molecule has 4 aromatic carbocycles. The summed E-state index contributed by atoms with van der Waals surface area (Å²) in [7, 11) is 0. The summed E-state index contributed by atoms with van der Waals surface area (Å²) in [6, 6.07) is 31.7. The van der Waals surface area contributed by atoms with Crippen molar-refractivity contribution in [3.63, 3.8) is 0 Å². The third kappa shape index (κ3) is 4.89. The quantitative estimate of drug-likeness (QED) is 0.193. The van der Waals surface area contributed by atoms with Gasteiger partial charge in [0.2, 0.25) is 0 Å². The molecule has 0 aliphatic carbocycles. The fourth-order valence-corrected chi connectivity index (χ4v) is 5.18. The average molecular weight is 520 g/mol. The molecule has 0 radical (unpaired) electrons. The molecular formula is C32H26ClN3O2. The van der Waals surface area contributed by atoms with E-state index in [4.69, 9.17) is 16.3 Å². The van der Waals surface area contributed by atoms with Crippen molar-refractivity contribution in [3.05, 3.63) is 131 Å². The van der Waals surface area contributed by atoms with E-state index in [1.165, 1.54) is 21.9 Å². The van der Waals surface area contributed by atoms with Crippen LogP contribution in [0.4, 0.5) is 5.69 Å². The first kappa shape index (κ1) is 23.9. The Bertz CT molecular complexity index is 1640. The number of H-pyrrole nitrogens is 2. The van der Waals surface area contributed by atoms with Crippen LogP contribution >= 0.6 is 11.6 Å². The van der Waals surface area contributed by atoms with E-state index in [-0.39, 0.29) is 18.4 Å². The topological polar surface area (TPSA) is 69.9 Å². The molecule has 0 aliphatic heterocycles. The molecule has 0 bridgehead atoms. The number of hydrogen-bond donors (Lipinski definition) is 3. The number of fused-ring (bicyclic) bond motifs is 2. The lowest BCUT2D eigenvalue weighted by Gasteiger charge is -2.19. The van der Waals surface area contributed by atoms with Crippen LogP contribution < -0.4 is 10.1 Å². The second-order valence-corrected chi connectivity index (χ2v) is 9.72. The van der Waals surface area contributed by atoms with E-state index < -0.39 is 0 Å². The number of ether oxygens (including phenoxy) is 1. The predicted molar refractivity (Wildman–Crippen MR) is 154 cm³/mol. The number of benzene rings is 4. The summed E-state index contributed by atoms with van der Waals surface area (Å²) in [6.45, 7) is -0.0930. The van der Waals surface area contributed by atoms with E-state index in [1.54, 1.807) is 24.3 Å². The normalized spacial score (nSPS) is 11.3. The van der Waals surface area contributed by atoms with Crippen molar-refractivity contribution in [2.45, 2.75) is 12.3 Å². The Kier molecular flexibility index (Phi) is 6.59. The Morgan fingerprint density at radius 3 is 2.00 bits per heavy atom. The van der Waals surface area contributed by atoms with E-state index in [9.17, 15) is 4.79 Å². The van der Waals surface area contributed by atoms with Gasteiger partial charge in [0.05, 0.1) is 0 Å². The zero-order valence-corrected chi connectivity index (χ0v) is 21.3. The van der Waals surface area contributed by atoms with Crippen molar-refractivity contribution in [3.8, 4) is 5.75 Å². The van der Waals surface area contributed by atoms with Crippen molar-refractivity contribution >= 4 is 45.0 Å². The lowest BCUT2D eigenvalue weighted by molar-refractivity contribution is -0.118. The van der Waals surface area contributed by atoms with Crippen LogP contribution in [0.5, 0.6) is 5.75 Å². The minimum atomic E-state index is -0.219. The zero-order valence-electron chi connectivity index (χ0n) is 20.6. The standard InChI is InChI=1S/C32H26ClN3O2/c33-22-13-15-23(16-14-22)38-20-32(37)36-29-10-4-1-7-21(29)17-26(27-18-34-30-11-5-2-8-24(27)30)28-19-35-31-12-6-3-9-25(28)31/h1-16,18-19,26,34-35H,17,20H2,(H,36,37). The molecule has 6 rings (SSSR count). The number of para-hydroxylation sites is 3. The van der Waals surface area contributed by atoms with Crippen LogP contribution in [0.3, 0.4) is 0 Å². The second-order valence-electron chi connectivity index (χ2n) is 9.28. The molecule has 6 aromatic rings. The smallest absolute Gasteiger partial charge is 0.262 e. The van der Waals surface area contributed by atoms with Gasteiger partial charge in [-0.2, -0.15) is 0 Å². The van der Waals surface area contributed by atoms with Gasteiger partial charge in [0.15, 0.2) is 6.61 Å². The summed E-state index contributed by atoms with van der Waals surface area (Å²) >= 11 is 5.94. The van der Waals surface area contributed by atoms with Gasteiger partial charge in [0.25, 0.3) is 5.91 Å². The van der Waals surface area contributed by atoms with Gasteiger partial charge in [-0.05, 0) is 65.6 Å². The molecular weight excluding hydrogens is 494 g/mol. The van der Waals surface area contributed by atoms with Crippen molar-refractivity contribution < 1.29 is 9.53 Å². The molecule has 3 N–H and O–H groups in total. The number of anilines is 1. The van der Waals surface area contributed by atoms with Gasteiger partial charge < -0.3 is 20.0 Å². The number of carbonyl (C=O) groups excluding carboxylic acids is 1. The number of nitrogens with one attached hydrogen (secondary N) is 3. The number of aromatic nitrogens is 2. The number of carbonyl (C=O) groups is 1. The molecule has 38 heavy (non-hydrogen) atoms. The molecule has 6 heteroatoms. The Morgan fingerprint density at radius 1 is 0.763 bits per heavy atom. The second kappa shape index (κ2) is 10.5. The van der Waals surface area contributed by atoms with Gasteiger partial charge in [-0.15, -0.1) is 0 Å². The van der Waals surface area contributed by atoms with Crippen LogP contribution in [0, 0.1) is 0 Å². The molecule has 188 valence electrons. The SMILES string of the molecule is O=C(COc1ccc(Cl)cc1)Nc1ccccc1CC(c1c[nH]c2ccccc12)c1c[nH]c2ccccc12.